The number of aryl methyl sites for hydroxylation is 1. The fourth-order valence-corrected chi connectivity index (χ4v) is 1.08. The van der Waals surface area contributed by atoms with Gasteiger partial charge in [0, 0.05) is 6.21 Å². The van der Waals surface area contributed by atoms with Crippen LogP contribution in [-0.4, -0.2) is 12.2 Å². The summed E-state index contributed by atoms with van der Waals surface area (Å²) in [5.74, 6) is 4.89. The standard InChI is InChI=1S/C10H13N3O/c1-7-4-3-5-9(8(7)2)6-12-10(14)13-11/h3-6H,11H2,1-2H3,(H,13,14)/b12-6+. The normalized spacial score (nSPS) is 10.5. The topological polar surface area (TPSA) is 67.5 Å². The second kappa shape index (κ2) is 4.53. The predicted molar refractivity (Wildman–Crippen MR) is 56.2 cm³/mol. The number of hydrogen-bond acceptors (Lipinski definition) is 2. The molecule has 1 aromatic carbocycles. The second-order valence-electron chi connectivity index (χ2n) is 3.00. The smallest absolute Gasteiger partial charge is 0.274 e. The zero-order valence-electron chi connectivity index (χ0n) is 8.24. The van der Waals surface area contributed by atoms with Crippen LogP contribution >= 0.6 is 0 Å². The molecule has 4 nitrogen and oxygen atoms in total. The van der Waals surface area contributed by atoms with Crippen LogP contribution in [0.25, 0.3) is 0 Å². The molecule has 0 fully saturated rings. The summed E-state index contributed by atoms with van der Waals surface area (Å²) in [6.07, 6.45) is 1.50. The largest absolute Gasteiger partial charge is 0.355 e. The Hall–Kier alpha value is -1.68. The van der Waals surface area contributed by atoms with Crippen molar-refractivity contribution in [2.45, 2.75) is 13.8 Å². The molecule has 0 radical (unpaired) electrons. The number of nitrogens with two attached hydrogens (primary N) is 1. The van der Waals surface area contributed by atoms with Crippen molar-refractivity contribution >= 4 is 12.2 Å². The minimum absolute atomic E-state index is 0.550. The van der Waals surface area contributed by atoms with Crippen LogP contribution in [0.3, 0.4) is 0 Å². The quantitative estimate of drug-likeness (QED) is 0.304. The molecule has 74 valence electrons. The van der Waals surface area contributed by atoms with Gasteiger partial charge < -0.3 is 0 Å². The third-order valence-corrected chi connectivity index (χ3v) is 2.09. The van der Waals surface area contributed by atoms with Gasteiger partial charge in [-0.2, -0.15) is 0 Å². The van der Waals surface area contributed by atoms with E-state index in [1.165, 1.54) is 11.8 Å². The van der Waals surface area contributed by atoms with Crippen molar-refractivity contribution < 1.29 is 4.79 Å². The molecule has 14 heavy (non-hydrogen) atoms. The van der Waals surface area contributed by atoms with Crippen LogP contribution in [0.4, 0.5) is 4.79 Å². The Bertz CT molecular complexity index is 372. The van der Waals surface area contributed by atoms with E-state index >= 15 is 0 Å². The number of nitrogens with zero attached hydrogens (tertiary/aromatic N) is 1. The molecule has 0 heterocycles. The Morgan fingerprint density at radius 1 is 1.50 bits per heavy atom. The molecule has 0 aliphatic rings. The first kappa shape index (κ1) is 10.4. The number of amides is 2. The van der Waals surface area contributed by atoms with Crippen molar-refractivity contribution in [1.29, 1.82) is 0 Å². The first-order valence-electron chi connectivity index (χ1n) is 4.26. The summed E-state index contributed by atoms with van der Waals surface area (Å²) in [4.78, 5) is 14.4. The number of urea groups is 1. The highest BCUT2D eigenvalue weighted by Crippen LogP contribution is 2.10. The van der Waals surface area contributed by atoms with Gasteiger partial charge in [-0.05, 0) is 30.5 Å². The number of carbonyl (C=O) groups excluding carboxylic acids is 1. The van der Waals surface area contributed by atoms with Crippen LogP contribution < -0.4 is 11.3 Å². The minimum atomic E-state index is -0.550. The molecule has 0 aromatic heterocycles. The Morgan fingerprint density at radius 3 is 2.86 bits per heavy atom. The predicted octanol–water partition coefficient (Wildman–Crippen LogP) is 1.31. The van der Waals surface area contributed by atoms with Gasteiger partial charge in [0.15, 0.2) is 0 Å². The monoisotopic (exact) mass is 191 g/mol. The molecular formula is C10H13N3O. The first-order chi connectivity index (χ1) is 6.65. The van der Waals surface area contributed by atoms with Crippen LogP contribution in [0, 0.1) is 13.8 Å². The highest BCUT2D eigenvalue weighted by Gasteiger charge is 1.98. The Labute approximate surface area is 82.8 Å². The van der Waals surface area contributed by atoms with E-state index in [2.05, 4.69) is 4.99 Å². The first-order valence-corrected chi connectivity index (χ1v) is 4.26. The number of benzene rings is 1. The van der Waals surface area contributed by atoms with Gasteiger partial charge in [-0.1, -0.05) is 18.2 Å². The summed E-state index contributed by atoms with van der Waals surface area (Å²) in [7, 11) is 0. The molecule has 0 aliphatic heterocycles. The highest BCUT2D eigenvalue weighted by molar-refractivity contribution is 5.91. The van der Waals surface area contributed by atoms with Gasteiger partial charge in [0.25, 0.3) is 0 Å². The lowest BCUT2D eigenvalue weighted by molar-refractivity contribution is 0.249. The molecule has 1 aromatic rings. The molecule has 0 atom stereocenters. The third-order valence-electron chi connectivity index (χ3n) is 2.09. The number of hydrazine groups is 1. The van der Waals surface area contributed by atoms with Gasteiger partial charge in [0.2, 0.25) is 0 Å². The van der Waals surface area contributed by atoms with E-state index in [-0.39, 0.29) is 0 Å². The van der Waals surface area contributed by atoms with E-state index in [1.54, 1.807) is 0 Å². The number of hydrogen-bond donors (Lipinski definition) is 2. The van der Waals surface area contributed by atoms with E-state index in [1.807, 2.05) is 37.5 Å². The zero-order chi connectivity index (χ0) is 10.6. The van der Waals surface area contributed by atoms with Crippen molar-refractivity contribution in [1.82, 2.24) is 5.43 Å². The van der Waals surface area contributed by atoms with Gasteiger partial charge in [-0.3, -0.25) is 5.43 Å². The van der Waals surface area contributed by atoms with Gasteiger partial charge in [0.05, 0.1) is 0 Å². The molecule has 0 bridgehead atoms. The maximum atomic E-state index is 10.7. The maximum absolute atomic E-state index is 10.7. The third kappa shape index (κ3) is 2.40. The molecule has 0 spiro atoms. The number of carbonyl (C=O) groups is 1. The fourth-order valence-electron chi connectivity index (χ4n) is 1.08. The fraction of sp³-hybridized carbons (Fsp3) is 0.200. The molecule has 3 N–H and O–H groups in total. The lowest BCUT2D eigenvalue weighted by atomic mass is 10.0. The van der Waals surface area contributed by atoms with Crippen molar-refractivity contribution in [3.63, 3.8) is 0 Å². The number of rotatable bonds is 1. The summed E-state index contributed by atoms with van der Waals surface area (Å²) >= 11 is 0. The molecule has 4 heteroatoms. The highest BCUT2D eigenvalue weighted by atomic mass is 16.2. The van der Waals surface area contributed by atoms with E-state index < -0.39 is 6.03 Å². The van der Waals surface area contributed by atoms with Crippen LogP contribution in [0.1, 0.15) is 16.7 Å². The summed E-state index contributed by atoms with van der Waals surface area (Å²) in [5, 5.41) is 0. The molecule has 0 aliphatic carbocycles. The van der Waals surface area contributed by atoms with Crippen LogP contribution in [0.5, 0.6) is 0 Å². The van der Waals surface area contributed by atoms with Crippen molar-refractivity contribution in [3.8, 4) is 0 Å². The molecule has 0 saturated carbocycles. The second-order valence-corrected chi connectivity index (χ2v) is 3.00. The maximum Gasteiger partial charge on any atom is 0.355 e. The Balaban J connectivity index is 2.92. The summed E-state index contributed by atoms with van der Waals surface area (Å²) in [6.45, 7) is 3.99. The van der Waals surface area contributed by atoms with E-state index in [4.69, 9.17) is 5.84 Å². The van der Waals surface area contributed by atoms with Gasteiger partial charge in [-0.15, -0.1) is 0 Å². The zero-order valence-corrected chi connectivity index (χ0v) is 8.24. The van der Waals surface area contributed by atoms with Crippen LogP contribution in [0.2, 0.25) is 0 Å². The van der Waals surface area contributed by atoms with Crippen molar-refractivity contribution in [2.24, 2.45) is 10.8 Å². The van der Waals surface area contributed by atoms with E-state index in [0.717, 1.165) is 11.1 Å². The average molecular weight is 191 g/mol. The lowest BCUT2D eigenvalue weighted by Gasteiger charge is -2.02. The summed E-state index contributed by atoms with van der Waals surface area (Å²) in [6, 6.07) is 5.28. The number of nitrogens with one attached hydrogen (secondary N) is 1. The molecule has 0 saturated heterocycles. The Kier molecular flexibility index (Phi) is 3.36. The van der Waals surface area contributed by atoms with E-state index in [9.17, 15) is 4.79 Å². The van der Waals surface area contributed by atoms with Crippen LogP contribution in [-0.2, 0) is 0 Å². The minimum Gasteiger partial charge on any atom is -0.274 e. The molecule has 1 rings (SSSR count). The molecular weight excluding hydrogens is 178 g/mol. The number of aliphatic imine (C=N–C) groups is 1. The summed E-state index contributed by atoms with van der Waals surface area (Å²) in [5.41, 5.74) is 5.14. The summed E-state index contributed by atoms with van der Waals surface area (Å²) < 4.78 is 0. The van der Waals surface area contributed by atoms with E-state index in [0.29, 0.717) is 0 Å². The molecule has 2 amide bonds. The van der Waals surface area contributed by atoms with Crippen LogP contribution in [0.15, 0.2) is 23.2 Å². The lowest BCUT2D eigenvalue weighted by Crippen LogP contribution is -2.26. The van der Waals surface area contributed by atoms with Gasteiger partial charge in [0.1, 0.15) is 0 Å². The Morgan fingerprint density at radius 2 is 2.21 bits per heavy atom. The average Bonchev–Trinajstić information content (AvgIpc) is 2.20. The SMILES string of the molecule is Cc1cccc(/C=N/C(=O)NN)c1C. The van der Waals surface area contributed by atoms with Gasteiger partial charge >= 0.3 is 6.03 Å². The van der Waals surface area contributed by atoms with Gasteiger partial charge in [-0.25, -0.2) is 15.6 Å². The van der Waals surface area contributed by atoms with Crippen molar-refractivity contribution in [3.05, 3.63) is 34.9 Å². The van der Waals surface area contributed by atoms with Crippen molar-refractivity contribution in [2.75, 3.05) is 0 Å². The molecule has 0 unspecified atom stereocenters.